The number of pyridine rings is 1. The first-order valence-electron chi connectivity index (χ1n) is 11.1. The molecule has 0 saturated carbocycles. The van der Waals surface area contributed by atoms with Crippen LogP contribution in [0.1, 0.15) is 41.8 Å². The summed E-state index contributed by atoms with van der Waals surface area (Å²) in [7, 11) is 0. The summed E-state index contributed by atoms with van der Waals surface area (Å²) in [5.41, 5.74) is 5.52. The van der Waals surface area contributed by atoms with Gasteiger partial charge in [0.15, 0.2) is 0 Å². The quantitative estimate of drug-likeness (QED) is 0.458. The van der Waals surface area contributed by atoms with Crippen molar-refractivity contribution >= 4 is 10.9 Å². The van der Waals surface area contributed by atoms with Crippen LogP contribution in [0.25, 0.3) is 22.2 Å². The highest BCUT2D eigenvalue weighted by Crippen LogP contribution is 2.33. The van der Waals surface area contributed by atoms with E-state index in [1.807, 2.05) is 39.0 Å². The summed E-state index contributed by atoms with van der Waals surface area (Å²) in [4.78, 5) is 4.41. The molecule has 0 radical (unpaired) electrons. The van der Waals surface area contributed by atoms with Crippen LogP contribution in [0.4, 0.5) is 0 Å². The molecule has 9 heteroatoms. The fourth-order valence-corrected chi connectivity index (χ4v) is 4.29. The van der Waals surface area contributed by atoms with Gasteiger partial charge in [0.2, 0.25) is 5.88 Å². The number of hydrogen-bond donors (Lipinski definition) is 1. The molecule has 0 amide bonds. The number of nitriles is 1. The number of aromatic amines is 1. The summed E-state index contributed by atoms with van der Waals surface area (Å²) >= 11 is 0. The van der Waals surface area contributed by atoms with Gasteiger partial charge in [-0.1, -0.05) is 0 Å². The van der Waals surface area contributed by atoms with Crippen molar-refractivity contribution < 1.29 is 14.2 Å². The second-order valence-electron chi connectivity index (χ2n) is 8.36. The van der Waals surface area contributed by atoms with Gasteiger partial charge in [0.25, 0.3) is 0 Å². The Balaban J connectivity index is 1.45. The zero-order valence-corrected chi connectivity index (χ0v) is 19.2. The molecule has 0 aliphatic carbocycles. The molecule has 1 fully saturated rings. The second-order valence-corrected chi connectivity index (χ2v) is 8.36. The molecule has 4 aromatic rings. The number of nitrogens with zero attached hydrogens (tertiary/aromatic N) is 5. The topological polar surface area (TPSA) is 119 Å². The minimum absolute atomic E-state index is 0.0822. The molecule has 1 saturated heterocycles. The van der Waals surface area contributed by atoms with E-state index in [4.69, 9.17) is 14.2 Å². The van der Waals surface area contributed by atoms with E-state index >= 15 is 0 Å². The lowest BCUT2D eigenvalue weighted by Crippen LogP contribution is -2.17. The summed E-state index contributed by atoms with van der Waals surface area (Å²) in [6.07, 6.45) is 3.92. The van der Waals surface area contributed by atoms with E-state index in [1.54, 1.807) is 18.5 Å². The van der Waals surface area contributed by atoms with Crippen molar-refractivity contribution in [1.29, 1.82) is 5.26 Å². The molecule has 2 atom stereocenters. The van der Waals surface area contributed by atoms with Gasteiger partial charge >= 0.3 is 0 Å². The molecule has 4 heterocycles. The van der Waals surface area contributed by atoms with Crippen molar-refractivity contribution in [3.63, 3.8) is 0 Å². The zero-order valence-electron chi connectivity index (χ0n) is 19.2. The third-order valence-corrected chi connectivity index (χ3v) is 5.94. The van der Waals surface area contributed by atoms with Gasteiger partial charge in [-0.2, -0.15) is 20.6 Å². The van der Waals surface area contributed by atoms with E-state index in [0.717, 1.165) is 34.1 Å². The maximum Gasteiger partial charge on any atom is 0.232 e. The number of aromatic nitrogens is 5. The number of aryl methyl sites for hydroxylation is 2. The van der Waals surface area contributed by atoms with Gasteiger partial charge in [0.05, 0.1) is 30.6 Å². The predicted octanol–water partition coefficient (Wildman–Crippen LogP) is 4.21. The summed E-state index contributed by atoms with van der Waals surface area (Å²) < 4.78 is 17.5. The van der Waals surface area contributed by atoms with Crippen molar-refractivity contribution in [2.45, 2.75) is 39.4 Å². The molecule has 34 heavy (non-hydrogen) atoms. The van der Waals surface area contributed by atoms with Crippen LogP contribution in [0.2, 0.25) is 0 Å². The molecule has 0 spiro atoms. The van der Waals surface area contributed by atoms with E-state index in [9.17, 15) is 5.26 Å². The summed E-state index contributed by atoms with van der Waals surface area (Å²) in [6, 6.07) is 9.70. The Labute approximate surface area is 196 Å². The fourth-order valence-electron chi connectivity index (χ4n) is 4.29. The van der Waals surface area contributed by atoms with Crippen LogP contribution in [0.5, 0.6) is 11.6 Å². The highest BCUT2D eigenvalue weighted by Gasteiger charge is 2.21. The van der Waals surface area contributed by atoms with Gasteiger partial charge in [0.1, 0.15) is 35.3 Å². The zero-order chi connectivity index (χ0) is 23.7. The third-order valence-electron chi connectivity index (χ3n) is 5.94. The smallest absolute Gasteiger partial charge is 0.232 e. The number of rotatable bonds is 6. The van der Waals surface area contributed by atoms with Crippen molar-refractivity contribution in [3.8, 4) is 29.0 Å². The lowest BCUT2D eigenvalue weighted by atomic mass is 10.0. The molecular formula is C25H24N6O3. The van der Waals surface area contributed by atoms with E-state index in [-0.39, 0.29) is 12.2 Å². The summed E-state index contributed by atoms with van der Waals surface area (Å²) in [5.74, 6) is 1.02. The monoisotopic (exact) mass is 456 g/mol. The first kappa shape index (κ1) is 21.8. The van der Waals surface area contributed by atoms with E-state index in [2.05, 4.69) is 31.4 Å². The second kappa shape index (κ2) is 9.08. The number of nitrogens with one attached hydrogen (secondary N) is 1. The molecule has 1 aromatic carbocycles. The van der Waals surface area contributed by atoms with Crippen LogP contribution in [0, 0.1) is 25.2 Å². The third kappa shape index (κ3) is 4.16. The molecule has 0 unspecified atom stereocenters. The predicted molar refractivity (Wildman–Crippen MR) is 124 cm³/mol. The van der Waals surface area contributed by atoms with Crippen LogP contribution in [0.3, 0.4) is 0 Å². The Bertz CT molecular complexity index is 1370. The minimum Gasteiger partial charge on any atom is -0.486 e. The molecule has 1 N–H and O–H groups in total. The Morgan fingerprint density at radius 1 is 1.24 bits per heavy atom. The molecule has 0 bridgehead atoms. The average molecular weight is 457 g/mol. The Hall–Kier alpha value is -4.03. The maximum atomic E-state index is 9.66. The largest absolute Gasteiger partial charge is 0.486 e. The lowest BCUT2D eigenvalue weighted by molar-refractivity contribution is 0.138. The van der Waals surface area contributed by atoms with E-state index < -0.39 is 0 Å². The number of ether oxygens (including phenoxy) is 3. The molecular weight excluding hydrogens is 432 g/mol. The Morgan fingerprint density at radius 2 is 2.12 bits per heavy atom. The van der Waals surface area contributed by atoms with Gasteiger partial charge in [-0.3, -0.25) is 5.10 Å². The number of hydrogen-bond acceptors (Lipinski definition) is 8. The highest BCUT2D eigenvalue weighted by atomic mass is 16.5. The average Bonchev–Trinajstić information content (AvgIpc) is 3.49. The van der Waals surface area contributed by atoms with E-state index in [0.29, 0.717) is 41.7 Å². The highest BCUT2D eigenvalue weighted by molar-refractivity contribution is 5.93. The molecule has 1 aliphatic heterocycles. The maximum absolute atomic E-state index is 9.66. The number of benzene rings is 1. The van der Waals surface area contributed by atoms with Gasteiger partial charge < -0.3 is 14.2 Å². The van der Waals surface area contributed by atoms with Gasteiger partial charge in [-0.15, -0.1) is 0 Å². The van der Waals surface area contributed by atoms with Crippen molar-refractivity contribution in [1.82, 2.24) is 25.4 Å². The Kier molecular flexibility index (Phi) is 5.82. The SMILES string of the molecule is Cc1cnnc(C)c1[C@@H](C)Oc1ccc2[nH]nc(-c3cnc(O[C@@H]4CCOC4)c(C#N)c3)c2c1. The molecule has 9 nitrogen and oxygen atoms in total. The van der Waals surface area contributed by atoms with Crippen molar-refractivity contribution in [3.05, 3.63) is 59.0 Å². The van der Waals surface area contributed by atoms with Crippen molar-refractivity contribution in [2.24, 2.45) is 0 Å². The first-order valence-corrected chi connectivity index (χ1v) is 11.1. The molecule has 5 rings (SSSR count). The molecule has 172 valence electrons. The van der Waals surface area contributed by atoms with E-state index in [1.165, 1.54) is 0 Å². The van der Waals surface area contributed by atoms with Crippen LogP contribution >= 0.6 is 0 Å². The number of fused-ring (bicyclic) bond motifs is 1. The van der Waals surface area contributed by atoms with Crippen LogP contribution in [0.15, 0.2) is 36.7 Å². The minimum atomic E-state index is -0.203. The van der Waals surface area contributed by atoms with Crippen LogP contribution in [-0.2, 0) is 4.74 Å². The van der Waals surface area contributed by atoms with Crippen LogP contribution in [-0.4, -0.2) is 44.7 Å². The van der Waals surface area contributed by atoms with Gasteiger partial charge in [0, 0.05) is 29.1 Å². The van der Waals surface area contributed by atoms with Crippen molar-refractivity contribution in [2.75, 3.05) is 13.2 Å². The normalized spacial score (nSPS) is 16.4. The molecule has 3 aromatic heterocycles. The molecule has 1 aliphatic rings. The van der Waals surface area contributed by atoms with Gasteiger partial charge in [-0.05, 0) is 50.6 Å². The summed E-state index contributed by atoms with van der Waals surface area (Å²) in [6.45, 7) is 7.09. The van der Waals surface area contributed by atoms with Gasteiger partial charge in [-0.25, -0.2) is 4.98 Å². The van der Waals surface area contributed by atoms with Crippen LogP contribution < -0.4 is 9.47 Å². The standard InChI is InChI=1S/C25H24N6O3/c1-14-11-28-29-15(2)23(14)16(3)33-19-4-5-22-21(9-19)24(31-30-22)18-8-17(10-26)25(27-12-18)34-20-6-7-32-13-20/h4-5,8-9,11-12,16,20H,6-7,13H2,1-3H3,(H,30,31)/t16-,20-/m1/s1. The number of H-pyrrole nitrogens is 1. The fraction of sp³-hybridized carbons (Fsp3) is 0.320. The lowest BCUT2D eigenvalue weighted by Gasteiger charge is -2.18. The first-order chi connectivity index (χ1) is 16.5. The summed E-state index contributed by atoms with van der Waals surface area (Å²) in [5, 5.41) is 26.2. The Morgan fingerprint density at radius 3 is 2.88 bits per heavy atom.